The SMILES string of the molecule is Cc1cc2c3c(c1)c1c(n3CCC(c3ccncc3)C2)CCN(C)C1. The summed E-state index contributed by atoms with van der Waals surface area (Å²) in [6.45, 7) is 5.65. The quantitative estimate of drug-likeness (QED) is 0.670. The maximum absolute atomic E-state index is 4.20. The molecular formula is C22H25N3. The van der Waals surface area contributed by atoms with Crippen molar-refractivity contribution in [3.63, 3.8) is 0 Å². The molecule has 0 N–H and O–H groups in total. The molecule has 2 aliphatic rings. The van der Waals surface area contributed by atoms with Crippen LogP contribution in [0.5, 0.6) is 0 Å². The Morgan fingerprint density at radius 3 is 2.80 bits per heavy atom. The van der Waals surface area contributed by atoms with Crippen LogP contribution in [-0.2, 0) is 25.9 Å². The van der Waals surface area contributed by atoms with Crippen LogP contribution in [0.1, 0.15) is 40.3 Å². The number of aromatic nitrogens is 2. The van der Waals surface area contributed by atoms with Crippen LogP contribution in [0.15, 0.2) is 36.7 Å². The fourth-order valence-corrected chi connectivity index (χ4v) is 4.94. The second-order valence-electron chi connectivity index (χ2n) is 7.86. The van der Waals surface area contributed by atoms with Gasteiger partial charge in [0.2, 0.25) is 0 Å². The van der Waals surface area contributed by atoms with E-state index in [2.05, 4.69) is 52.7 Å². The van der Waals surface area contributed by atoms with Crippen molar-refractivity contribution >= 4 is 10.9 Å². The lowest BCUT2D eigenvalue weighted by Crippen LogP contribution is -2.27. The average Bonchev–Trinajstić information content (AvgIpc) is 2.79. The van der Waals surface area contributed by atoms with Crippen LogP contribution < -0.4 is 0 Å². The van der Waals surface area contributed by atoms with Gasteiger partial charge in [0.15, 0.2) is 0 Å². The van der Waals surface area contributed by atoms with Crippen LogP contribution in [0.25, 0.3) is 10.9 Å². The van der Waals surface area contributed by atoms with Crippen molar-refractivity contribution in [2.75, 3.05) is 13.6 Å². The Morgan fingerprint density at radius 1 is 1.12 bits per heavy atom. The summed E-state index contributed by atoms with van der Waals surface area (Å²) in [5, 5.41) is 1.51. The van der Waals surface area contributed by atoms with E-state index in [9.17, 15) is 0 Å². The highest BCUT2D eigenvalue weighted by atomic mass is 15.1. The first-order chi connectivity index (χ1) is 12.2. The summed E-state index contributed by atoms with van der Waals surface area (Å²) < 4.78 is 2.66. The van der Waals surface area contributed by atoms with Gasteiger partial charge in [-0.25, -0.2) is 0 Å². The van der Waals surface area contributed by atoms with Gasteiger partial charge in [0.25, 0.3) is 0 Å². The largest absolute Gasteiger partial charge is 0.344 e. The van der Waals surface area contributed by atoms with E-state index < -0.39 is 0 Å². The summed E-state index contributed by atoms with van der Waals surface area (Å²) >= 11 is 0. The Labute approximate surface area is 149 Å². The Kier molecular flexibility index (Phi) is 3.46. The fraction of sp³-hybridized carbons (Fsp3) is 0.409. The minimum absolute atomic E-state index is 0.592. The molecule has 25 heavy (non-hydrogen) atoms. The monoisotopic (exact) mass is 331 g/mol. The predicted molar refractivity (Wildman–Crippen MR) is 102 cm³/mol. The number of hydrogen-bond donors (Lipinski definition) is 0. The van der Waals surface area contributed by atoms with Gasteiger partial charge in [-0.1, -0.05) is 11.6 Å². The minimum atomic E-state index is 0.592. The third-order valence-corrected chi connectivity index (χ3v) is 6.11. The maximum atomic E-state index is 4.20. The summed E-state index contributed by atoms with van der Waals surface area (Å²) in [5.41, 5.74) is 9.05. The number of nitrogens with zero attached hydrogens (tertiary/aromatic N) is 3. The first-order valence-electron chi connectivity index (χ1n) is 9.42. The molecule has 1 unspecified atom stereocenters. The number of fused-ring (bicyclic) bond motifs is 3. The molecule has 0 aliphatic carbocycles. The molecular weight excluding hydrogens is 306 g/mol. The van der Waals surface area contributed by atoms with Gasteiger partial charge < -0.3 is 9.47 Å². The van der Waals surface area contributed by atoms with E-state index in [4.69, 9.17) is 0 Å². The second-order valence-corrected chi connectivity index (χ2v) is 7.86. The Bertz CT molecular complexity index is 939. The number of hydrogen-bond acceptors (Lipinski definition) is 2. The Balaban J connectivity index is 1.68. The zero-order chi connectivity index (χ0) is 17.0. The molecule has 0 bridgehead atoms. The van der Waals surface area contributed by atoms with E-state index in [0.717, 1.165) is 19.5 Å². The number of likely N-dealkylation sites (N-methyl/N-ethyl adjacent to an activating group) is 1. The zero-order valence-electron chi connectivity index (χ0n) is 15.1. The molecule has 128 valence electrons. The number of rotatable bonds is 1. The van der Waals surface area contributed by atoms with Crippen molar-refractivity contribution in [2.24, 2.45) is 0 Å². The number of aryl methyl sites for hydroxylation is 2. The molecule has 0 saturated heterocycles. The summed E-state index contributed by atoms with van der Waals surface area (Å²) in [5.74, 6) is 0.592. The molecule has 1 atom stereocenters. The summed E-state index contributed by atoms with van der Waals surface area (Å²) in [7, 11) is 2.24. The van der Waals surface area contributed by atoms with Gasteiger partial charge in [0.1, 0.15) is 0 Å². The summed E-state index contributed by atoms with van der Waals surface area (Å²) in [6.07, 6.45) is 7.40. The van der Waals surface area contributed by atoms with Crippen molar-refractivity contribution in [3.8, 4) is 0 Å². The highest BCUT2D eigenvalue weighted by Crippen LogP contribution is 2.39. The molecule has 2 aromatic heterocycles. The third kappa shape index (κ3) is 2.41. The van der Waals surface area contributed by atoms with Gasteiger partial charge in [0, 0.05) is 49.5 Å². The molecule has 3 nitrogen and oxygen atoms in total. The highest BCUT2D eigenvalue weighted by molar-refractivity contribution is 5.89. The molecule has 0 spiro atoms. The highest BCUT2D eigenvalue weighted by Gasteiger charge is 2.27. The molecule has 5 rings (SSSR count). The van der Waals surface area contributed by atoms with E-state index in [1.807, 2.05) is 12.4 Å². The first-order valence-corrected chi connectivity index (χ1v) is 9.42. The molecule has 4 heterocycles. The molecule has 3 heteroatoms. The van der Waals surface area contributed by atoms with E-state index in [0.29, 0.717) is 5.92 Å². The molecule has 2 aliphatic heterocycles. The smallest absolute Gasteiger partial charge is 0.0518 e. The zero-order valence-corrected chi connectivity index (χ0v) is 15.1. The molecule has 0 radical (unpaired) electrons. The first kappa shape index (κ1) is 15.2. The van der Waals surface area contributed by atoms with Crippen LogP contribution in [-0.4, -0.2) is 28.0 Å². The lowest BCUT2D eigenvalue weighted by atomic mass is 9.89. The van der Waals surface area contributed by atoms with Gasteiger partial charge in [-0.15, -0.1) is 0 Å². The Hall–Kier alpha value is -2.13. The van der Waals surface area contributed by atoms with Gasteiger partial charge in [0.05, 0.1) is 5.52 Å². The molecule has 0 amide bonds. The number of benzene rings is 1. The predicted octanol–water partition coefficient (Wildman–Crippen LogP) is 4.06. The van der Waals surface area contributed by atoms with Gasteiger partial charge in [-0.2, -0.15) is 0 Å². The normalized spacial score (nSPS) is 20.5. The molecule has 0 fully saturated rings. The molecule has 1 aromatic carbocycles. The van der Waals surface area contributed by atoms with Crippen molar-refractivity contribution < 1.29 is 0 Å². The fourth-order valence-electron chi connectivity index (χ4n) is 4.94. The maximum Gasteiger partial charge on any atom is 0.0518 e. The van der Waals surface area contributed by atoms with Crippen molar-refractivity contribution in [3.05, 3.63) is 64.6 Å². The van der Waals surface area contributed by atoms with Gasteiger partial charge >= 0.3 is 0 Å². The van der Waals surface area contributed by atoms with Crippen molar-refractivity contribution in [1.82, 2.24) is 14.5 Å². The van der Waals surface area contributed by atoms with E-state index in [1.165, 1.54) is 47.0 Å². The minimum Gasteiger partial charge on any atom is -0.344 e. The number of pyridine rings is 1. The van der Waals surface area contributed by atoms with Crippen LogP contribution in [0.3, 0.4) is 0 Å². The van der Waals surface area contributed by atoms with E-state index in [-0.39, 0.29) is 0 Å². The molecule has 3 aromatic rings. The van der Waals surface area contributed by atoms with Crippen LogP contribution >= 0.6 is 0 Å². The summed E-state index contributed by atoms with van der Waals surface area (Å²) in [4.78, 5) is 6.66. The van der Waals surface area contributed by atoms with Crippen LogP contribution in [0.4, 0.5) is 0 Å². The van der Waals surface area contributed by atoms with Crippen LogP contribution in [0.2, 0.25) is 0 Å². The third-order valence-electron chi connectivity index (χ3n) is 6.11. The van der Waals surface area contributed by atoms with Crippen molar-refractivity contribution in [1.29, 1.82) is 0 Å². The van der Waals surface area contributed by atoms with E-state index in [1.54, 1.807) is 11.3 Å². The second kappa shape index (κ2) is 5.70. The van der Waals surface area contributed by atoms with Crippen molar-refractivity contribution in [2.45, 2.75) is 45.2 Å². The Morgan fingerprint density at radius 2 is 1.96 bits per heavy atom. The molecule has 0 saturated carbocycles. The lowest BCUT2D eigenvalue weighted by Gasteiger charge is -2.24. The van der Waals surface area contributed by atoms with Gasteiger partial charge in [-0.05, 0) is 67.6 Å². The lowest BCUT2D eigenvalue weighted by molar-refractivity contribution is 0.309. The van der Waals surface area contributed by atoms with E-state index >= 15 is 0 Å². The standard InChI is InChI=1S/C22H25N3/c1-15-11-18-13-17(16-3-7-23-8-4-16)5-10-25-21-6-9-24(2)14-20(21)19(12-15)22(18)25/h3-4,7-8,11-12,17H,5-6,9-10,13-14H2,1-2H3. The topological polar surface area (TPSA) is 21.1 Å². The average molecular weight is 331 g/mol. The van der Waals surface area contributed by atoms with Gasteiger partial charge in [-0.3, -0.25) is 4.98 Å². The van der Waals surface area contributed by atoms with Crippen LogP contribution in [0, 0.1) is 6.92 Å². The summed E-state index contributed by atoms with van der Waals surface area (Å²) in [6, 6.07) is 9.24.